The van der Waals surface area contributed by atoms with E-state index in [9.17, 15) is 13.6 Å². The van der Waals surface area contributed by atoms with Gasteiger partial charge in [0.05, 0.1) is 12.7 Å². The molecule has 0 aliphatic carbocycles. The van der Waals surface area contributed by atoms with Crippen LogP contribution in [0.5, 0.6) is 5.75 Å². The minimum atomic E-state index is -0.635. The first-order chi connectivity index (χ1) is 17.4. The fraction of sp³-hybridized carbons (Fsp3) is 0.321. The summed E-state index contributed by atoms with van der Waals surface area (Å²) in [6.45, 7) is 4.46. The Balaban J connectivity index is 1.36. The van der Waals surface area contributed by atoms with Gasteiger partial charge in [-0.05, 0) is 48.9 Å². The van der Waals surface area contributed by atoms with Gasteiger partial charge in [0.2, 0.25) is 0 Å². The van der Waals surface area contributed by atoms with Gasteiger partial charge < -0.3 is 14.4 Å². The minimum Gasteiger partial charge on any atom is -0.481 e. The van der Waals surface area contributed by atoms with Crippen LogP contribution in [0.15, 0.2) is 72.8 Å². The van der Waals surface area contributed by atoms with Gasteiger partial charge in [0, 0.05) is 43.3 Å². The quantitative estimate of drug-likeness (QED) is 0.379. The predicted octanol–water partition coefficient (Wildman–Crippen LogP) is 5.49. The average Bonchev–Trinajstić information content (AvgIpc) is 2.89. The van der Waals surface area contributed by atoms with Crippen LogP contribution in [0.1, 0.15) is 24.2 Å². The van der Waals surface area contributed by atoms with Crippen LogP contribution in [0.4, 0.5) is 8.78 Å². The Hall–Kier alpha value is -3.00. The molecule has 1 aliphatic heterocycles. The number of halogens is 3. The van der Waals surface area contributed by atoms with Gasteiger partial charge in [-0.25, -0.2) is 8.78 Å². The first-order valence-electron chi connectivity index (χ1n) is 11.9. The highest BCUT2D eigenvalue weighted by Crippen LogP contribution is 2.25. The summed E-state index contributed by atoms with van der Waals surface area (Å²) in [4.78, 5) is 16.9. The van der Waals surface area contributed by atoms with Crippen molar-refractivity contribution in [3.8, 4) is 5.75 Å². The molecule has 0 radical (unpaired) electrons. The van der Waals surface area contributed by atoms with Gasteiger partial charge in [-0.3, -0.25) is 9.69 Å². The third-order valence-corrected chi connectivity index (χ3v) is 6.50. The van der Waals surface area contributed by atoms with Crippen LogP contribution in [-0.4, -0.2) is 54.5 Å². The van der Waals surface area contributed by atoms with E-state index in [2.05, 4.69) is 4.90 Å². The molecule has 2 atom stereocenters. The van der Waals surface area contributed by atoms with Crippen molar-refractivity contribution in [3.63, 3.8) is 0 Å². The Morgan fingerprint density at radius 3 is 2.19 bits per heavy atom. The number of carbonyl (C=O) groups excluding carboxylic acids is 1. The van der Waals surface area contributed by atoms with E-state index in [1.54, 1.807) is 24.0 Å². The lowest BCUT2D eigenvalue weighted by molar-refractivity contribution is -0.140. The van der Waals surface area contributed by atoms with Crippen molar-refractivity contribution < 1.29 is 23.0 Å². The number of ether oxygens (including phenoxy) is 2. The van der Waals surface area contributed by atoms with E-state index < -0.39 is 23.8 Å². The first-order valence-corrected chi connectivity index (χ1v) is 12.3. The summed E-state index contributed by atoms with van der Waals surface area (Å²) >= 11 is 6.05. The topological polar surface area (TPSA) is 42.0 Å². The van der Waals surface area contributed by atoms with Gasteiger partial charge in [-0.2, -0.15) is 0 Å². The molecule has 0 spiro atoms. The maximum absolute atomic E-state index is 14.1. The van der Waals surface area contributed by atoms with Crippen LogP contribution in [0, 0.1) is 11.6 Å². The Kier molecular flexibility index (Phi) is 8.91. The van der Waals surface area contributed by atoms with Crippen LogP contribution in [0.3, 0.4) is 0 Å². The summed E-state index contributed by atoms with van der Waals surface area (Å²) in [5.41, 5.74) is 0.763. The second kappa shape index (κ2) is 12.3. The fourth-order valence-electron chi connectivity index (χ4n) is 4.18. The number of nitrogens with zero attached hydrogens (tertiary/aromatic N) is 2. The van der Waals surface area contributed by atoms with Crippen LogP contribution in [0.25, 0.3) is 0 Å². The zero-order chi connectivity index (χ0) is 25.5. The molecule has 0 saturated carbocycles. The molecule has 3 aromatic carbocycles. The van der Waals surface area contributed by atoms with Gasteiger partial charge in [0.15, 0.2) is 6.10 Å². The van der Waals surface area contributed by atoms with Crippen LogP contribution in [0.2, 0.25) is 5.02 Å². The zero-order valence-electron chi connectivity index (χ0n) is 20.1. The molecule has 4 rings (SSSR count). The molecule has 190 valence electrons. The Labute approximate surface area is 215 Å². The molecule has 0 aromatic heterocycles. The summed E-state index contributed by atoms with van der Waals surface area (Å²) < 4.78 is 40.1. The van der Waals surface area contributed by atoms with Crippen LogP contribution < -0.4 is 4.74 Å². The molecular formula is C28H29ClF2N2O3. The highest BCUT2D eigenvalue weighted by atomic mass is 35.5. The van der Waals surface area contributed by atoms with E-state index >= 15 is 0 Å². The highest BCUT2D eigenvalue weighted by molar-refractivity contribution is 6.30. The van der Waals surface area contributed by atoms with Crippen molar-refractivity contribution in [2.24, 2.45) is 0 Å². The number of piperazine rings is 1. The summed E-state index contributed by atoms with van der Waals surface area (Å²) in [6, 6.07) is 20.3. The fourth-order valence-corrected chi connectivity index (χ4v) is 4.31. The second-order valence-corrected chi connectivity index (χ2v) is 9.19. The molecule has 0 N–H and O–H groups in total. The molecule has 1 saturated heterocycles. The number of amides is 1. The van der Waals surface area contributed by atoms with Gasteiger partial charge in [0.25, 0.3) is 5.91 Å². The number of rotatable bonds is 9. The summed E-state index contributed by atoms with van der Waals surface area (Å²) in [6.07, 6.45) is -1.01. The molecule has 1 amide bonds. The third-order valence-electron chi connectivity index (χ3n) is 6.24. The average molecular weight is 515 g/mol. The molecule has 0 bridgehead atoms. The largest absolute Gasteiger partial charge is 0.481 e. The molecule has 8 heteroatoms. The predicted molar refractivity (Wildman–Crippen MR) is 135 cm³/mol. The van der Waals surface area contributed by atoms with Crippen LogP contribution in [-0.2, 0) is 16.1 Å². The van der Waals surface area contributed by atoms with E-state index in [0.717, 1.165) is 5.56 Å². The van der Waals surface area contributed by atoms with Crippen molar-refractivity contribution in [1.82, 2.24) is 9.80 Å². The number of hydrogen-bond acceptors (Lipinski definition) is 4. The van der Waals surface area contributed by atoms with Crippen molar-refractivity contribution in [3.05, 3.63) is 101 Å². The first kappa shape index (κ1) is 26.1. The number of hydrogen-bond donors (Lipinski definition) is 0. The lowest BCUT2D eigenvalue weighted by Gasteiger charge is -2.37. The van der Waals surface area contributed by atoms with Crippen molar-refractivity contribution in [2.45, 2.75) is 25.7 Å². The van der Waals surface area contributed by atoms with Gasteiger partial charge >= 0.3 is 0 Å². The van der Waals surface area contributed by atoms with E-state index in [0.29, 0.717) is 43.5 Å². The number of para-hydroxylation sites is 1. The normalized spacial score (nSPS) is 15.9. The van der Waals surface area contributed by atoms with E-state index in [-0.39, 0.29) is 18.1 Å². The number of carbonyl (C=O) groups is 1. The molecule has 1 fully saturated rings. The maximum atomic E-state index is 14.1. The molecule has 5 nitrogen and oxygen atoms in total. The Bertz CT molecular complexity index is 1120. The van der Waals surface area contributed by atoms with E-state index in [4.69, 9.17) is 21.1 Å². The molecule has 0 unspecified atom stereocenters. The number of benzene rings is 3. The lowest BCUT2D eigenvalue weighted by atomic mass is 10.1. The Morgan fingerprint density at radius 2 is 1.56 bits per heavy atom. The summed E-state index contributed by atoms with van der Waals surface area (Å²) in [5, 5.41) is 0.594. The van der Waals surface area contributed by atoms with Crippen LogP contribution >= 0.6 is 11.6 Å². The third kappa shape index (κ3) is 6.81. The SMILES string of the molecule is C[C@@H](Oc1ccccc1)C(=O)N1CCN(C[C@H](OCc2c(F)cccc2F)c2ccc(Cl)cc2)CC1. The zero-order valence-corrected chi connectivity index (χ0v) is 20.8. The van der Waals surface area contributed by atoms with Crippen molar-refractivity contribution in [2.75, 3.05) is 32.7 Å². The minimum absolute atomic E-state index is 0.0565. The lowest BCUT2D eigenvalue weighted by Crippen LogP contribution is -2.52. The second-order valence-electron chi connectivity index (χ2n) is 8.75. The Morgan fingerprint density at radius 1 is 0.917 bits per heavy atom. The molecule has 1 aliphatic rings. The molecule has 3 aromatic rings. The maximum Gasteiger partial charge on any atom is 0.263 e. The standard InChI is InChI=1S/C28H29ClF2N2O3/c1-20(36-23-6-3-2-4-7-23)28(34)33-16-14-32(15-17-33)18-27(21-10-12-22(29)13-11-21)35-19-24-25(30)8-5-9-26(24)31/h2-13,20,27H,14-19H2,1H3/t20-,27+/m1/s1. The molecule has 1 heterocycles. The van der Waals surface area contributed by atoms with Crippen molar-refractivity contribution in [1.29, 1.82) is 0 Å². The summed E-state index contributed by atoms with van der Waals surface area (Å²) in [5.74, 6) is -0.669. The van der Waals surface area contributed by atoms with E-state index in [1.807, 2.05) is 42.5 Å². The van der Waals surface area contributed by atoms with Crippen molar-refractivity contribution >= 4 is 17.5 Å². The highest BCUT2D eigenvalue weighted by Gasteiger charge is 2.28. The summed E-state index contributed by atoms with van der Waals surface area (Å²) in [7, 11) is 0. The smallest absolute Gasteiger partial charge is 0.263 e. The molecule has 36 heavy (non-hydrogen) atoms. The van der Waals surface area contributed by atoms with Gasteiger partial charge in [-0.1, -0.05) is 48.0 Å². The monoisotopic (exact) mass is 514 g/mol. The molecular weight excluding hydrogens is 486 g/mol. The van der Waals surface area contributed by atoms with E-state index in [1.165, 1.54) is 18.2 Å². The van der Waals surface area contributed by atoms with Gasteiger partial charge in [-0.15, -0.1) is 0 Å². The van der Waals surface area contributed by atoms with Gasteiger partial charge in [0.1, 0.15) is 17.4 Å².